The molecule has 2 heterocycles. The molecular formula is C13H19N3S. The van der Waals surface area contributed by atoms with Crippen LogP contribution in [0.2, 0.25) is 0 Å². The Bertz CT molecular complexity index is 485. The summed E-state index contributed by atoms with van der Waals surface area (Å²) in [5.74, 6) is 0. The molecule has 0 radical (unpaired) electrons. The average Bonchev–Trinajstić information content (AvgIpc) is 2.95. The third-order valence-corrected chi connectivity index (χ3v) is 3.89. The molecule has 0 aromatic carbocycles. The second-order valence-electron chi connectivity index (χ2n) is 4.08. The molecule has 17 heavy (non-hydrogen) atoms. The van der Waals surface area contributed by atoms with Crippen LogP contribution in [-0.4, -0.2) is 14.8 Å². The highest BCUT2D eigenvalue weighted by molar-refractivity contribution is 7.09. The van der Waals surface area contributed by atoms with Crippen molar-refractivity contribution in [2.24, 2.45) is 0 Å². The van der Waals surface area contributed by atoms with Crippen LogP contribution in [0.25, 0.3) is 0 Å². The molecular weight excluding hydrogens is 230 g/mol. The summed E-state index contributed by atoms with van der Waals surface area (Å²) in [5.41, 5.74) is 3.60. The molecule has 0 N–H and O–H groups in total. The van der Waals surface area contributed by atoms with Gasteiger partial charge in [0.25, 0.3) is 0 Å². The summed E-state index contributed by atoms with van der Waals surface area (Å²) in [6.45, 7) is 7.26. The maximum absolute atomic E-state index is 4.61. The van der Waals surface area contributed by atoms with Crippen LogP contribution in [0.15, 0.2) is 11.4 Å². The summed E-state index contributed by atoms with van der Waals surface area (Å²) in [6, 6.07) is 2.20. The number of rotatable bonds is 5. The van der Waals surface area contributed by atoms with Gasteiger partial charge in [0.15, 0.2) is 0 Å². The monoisotopic (exact) mass is 249 g/mol. The zero-order valence-electron chi connectivity index (χ0n) is 10.7. The summed E-state index contributed by atoms with van der Waals surface area (Å²) in [6.07, 6.45) is 3.04. The minimum atomic E-state index is 0.805. The van der Waals surface area contributed by atoms with Crippen molar-refractivity contribution in [2.45, 2.75) is 46.6 Å². The first kappa shape index (κ1) is 12.3. The third kappa shape index (κ3) is 2.75. The zero-order valence-corrected chi connectivity index (χ0v) is 11.5. The van der Waals surface area contributed by atoms with Crippen LogP contribution in [0, 0.1) is 0 Å². The van der Waals surface area contributed by atoms with Gasteiger partial charge in [-0.25, -0.2) is 4.98 Å². The van der Waals surface area contributed by atoms with Gasteiger partial charge in [0.2, 0.25) is 0 Å². The number of hydrogen-bond donors (Lipinski definition) is 0. The molecule has 4 heteroatoms. The van der Waals surface area contributed by atoms with Crippen LogP contribution in [0.3, 0.4) is 0 Å². The van der Waals surface area contributed by atoms with E-state index in [1.807, 2.05) is 0 Å². The Morgan fingerprint density at radius 3 is 2.53 bits per heavy atom. The predicted molar refractivity (Wildman–Crippen MR) is 71.6 cm³/mol. The maximum atomic E-state index is 4.61. The minimum absolute atomic E-state index is 0.805. The second-order valence-corrected chi connectivity index (χ2v) is 5.02. The van der Waals surface area contributed by atoms with Gasteiger partial charge in [0.05, 0.1) is 22.9 Å². The lowest BCUT2D eigenvalue weighted by molar-refractivity contribution is 0.631. The van der Waals surface area contributed by atoms with Gasteiger partial charge in [-0.15, -0.1) is 11.3 Å². The van der Waals surface area contributed by atoms with E-state index in [0.29, 0.717) is 0 Å². The van der Waals surface area contributed by atoms with Crippen molar-refractivity contribution >= 4 is 11.3 Å². The van der Waals surface area contributed by atoms with Gasteiger partial charge in [-0.1, -0.05) is 20.8 Å². The van der Waals surface area contributed by atoms with Crippen LogP contribution >= 0.6 is 11.3 Å². The first-order valence-electron chi connectivity index (χ1n) is 6.25. The Morgan fingerprint density at radius 2 is 1.94 bits per heavy atom. The normalized spacial score (nSPS) is 11.0. The van der Waals surface area contributed by atoms with Crippen molar-refractivity contribution in [2.75, 3.05) is 0 Å². The van der Waals surface area contributed by atoms with Gasteiger partial charge >= 0.3 is 0 Å². The lowest BCUT2D eigenvalue weighted by atomic mass is 10.2. The number of aryl methyl sites for hydroxylation is 3. The molecule has 0 aliphatic carbocycles. The van der Waals surface area contributed by atoms with Crippen LogP contribution in [0.4, 0.5) is 0 Å². The minimum Gasteiger partial charge on any atom is -0.263 e. The molecule has 0 spiro atoms. The molecule has 0 atom stereocenters. The van der Waals surface area contributed by atoms with Crippen molar-refractivity contribution in [3.8, 4) is 0 Å². The van der Waals surface area contributed by atoms with Crippen molar-refractivity contribution in [3.05, 3.63) is 33.5 Å². The van der Waals surface area contributed by atoms with Crippen molar-refractivity contribution in [1.82, 2.24) is 14.8 Å². The molecule has 0 saturated carbocycles. The van der Waals surface area contributed by atoms with Gasteiger partial charge in [-0.2, -0.15) is 5.10 Å². The van der Waals surface area contributed by atoms with Crippen molar-refractivity contribution in [1.29, 1.82) is 0 Å². The Kier molecular flexibility index (Phi) is 3.94. The molecule has 0 bridgehead atoms. The van der Waals surface area contributed by atoms with Gasteiger partial charge < -0.3 is 0 Å². The molecule has 2 aromatic heterocycles. The first-order chi connectivity index (χ1) is 8.26. The third-order valence-electron chi connectivity index (χ3n) is 2.85. The zero-order chi connectivity index (χ0) is 12.3. The van der Waals surface area contributed by atoms with E-state index in [-0.39, 0.29) is 0 Å². The molecule has 0 amide bonds. The molecule has 2 aromatic rings. The highest BCUT2D eigenvalue weighted by Crippen LogP contribution is 2.13. The standard InChI is InChI=1S/C13H19N3S/c1-4-10-7-12(5-2)16(15-10)8-11-9-17-13(6-3)14-11/h7,9H,4-6,8H2,1-3H3. The SMILES string of the molecule is CCc1cc(CC)n(Cc2csc(CC)n2)n1. The average molecular weight is 249 g/mol. The van der Waals surface area contributed by atoms with E-state index < -0.39 is 0 Å². The highest BCUT2D eigenvalue weighted by Gasteiger charge is 2.07. The Hall–Kier alpha value is -1.16. The molecule has 0 unspecified atom stereocenters. The molecule has 3 nitrogen and oxygen atoms in total. The van der Waals surface area contributed by atoms with Gasteiger partial charge in [-0.05, 0) is 25.3 Å². The molecule has 0 saturated heterocycles. The number of nitrogens with zero attached hydrogens (tertiary/aromatic N) is 3. The summed E-state index contributed by atoms with van der Waals surface area (Å²) >= 11 is 1.74. The molecule has 0 aliphatic heterocycles. The van der Waals surface area contributed by atoms with E-state index in [9.17, 15) is 0 Å². The van der Waals surface area contributed by atoms with Gasteiger partial charge in [0, 0.05) is 11.1 Å². The van der Waals surface area contributed by atoms with E-state index in [0.717, 1.165) is 31.5 Å². The summed E-state index contributed by atoms with van der Waals surface area (Å²) in [4.78, 5) is 4.59. The van der Waals surface area contributed by atoms with Crippen molar-refractivity contribution < 1.29 is 0 Å². The van der Waals surface area contributed by atoms with Gasteiger partial charge in [-0.3, -0.25) is 4.68 Å². The van der Waals surface area contributed by atoms with Crippen LogP contribution < -0.4 is 0 Å². The number of thiazole rings is 1. The van der Waals surface area contributed by atoms with Gasteiger partial charge in [0.1, 0.15) is 0 Å². The van der Waals surface area contributed by atoms with E-state index in [1.165, 1.54) is 16.4 Å². The van der Waals surface area contributed by atoms with E-state index in [4.69, 9.17) is 0 Å². The number of hydrogen-bond acceptors (Lipinski definition) is 3. The van der Waals surface area contributed by atoms with E-state index in [2.05, 4.69) is 47.0 Å². The fourth-order valence-electron chi connectivity index (χ4n) is 1.85. The summed E-state index contributed by atoms with van der Waals surface area (Å²) < 4.78 is 2.09. The Balaban J connectivity index is 2.19. The quantitative estimate of drug-likeness (QED) is 0.815. The van der Waals surface area contributed by atoms with Crippen molar-refractivity contribution in [3.63, 3.8) is 0 Å². The topological polar surface area (TPSA) is 30.7 Å². The fraction of sp³-hybridized carbons (Fsp3) is 0.538. The first-order valence-corrected chi connectivity index (χ1v) is 7.13. The lowest BCUT2D eigenvalue weighted by Gasteiger charge is -2.02. The van der Waals surface area contributed by atoms with E-state index in [1.54, 1.807) is 11.3 Å². The van der Waals surface area contributed by atoms with E-state index >= 15 is 0 Å². The lowest BCUT2D eigenvalue weighted by Crippen LogP contribution is -2.06. The maximum Gasteiger partial charge on any atom is 0.0926 e. The Labute approximate surface area is 107 Å². The molecule has 0 aliphatic rings. The van der Waals surface area contributed by atoms with Crippen LogP contribution in [0.5, 0.6) is 0 Å². The molecule has 92 valence electrons. The van der Waals surface area contributed by atoms with Crippen LogP contribution in [0.1, 0.15) is 42.9 Å². The molecule has 0 fully saturated rings. The Morgan fingerprint density at radius 1 is 1.12 bits per heavy atom. The molecule has 2 rings (SSSR count). The summed E-state index contributed by atoms with van der Waals surface area (Å²) in [5, 5.41) is 7.96. The highest BCUT2D eigenvalue weighted by atomic mass is 32.1. The second kappa shape index (κ2) is 5.45. The van der Waals surface area contributed by atoms with Crippen LogP contribution in [-0.2, 0) is 25.8 Å². The summed E-state index contributed by atoms with van der Waals surface area (Å²) in [7, 11) is 0. The number of aromatic nitrogens is 3. The smallest absolute Gasteiger partial charge is 0.0926 e. The fourth-order valence-corrected chi connectivity index (χ4v) is 2.58. The largest absolute Gasteiger partial charge is 0.263 e. The predicted octanol–water partition coefficient (Wildman–Crippen LogP) is 3.08.